The number of fused-ring (bicyclic) bond motifs is 3. The second-order valence-corrected chi connectivity index (χ2v) is 7.55. The van der Waals surface area contributed by atoms with E-state index in [0.29, 0.717) is 0 Å². The molecule has 2 aromatic rings. The smallest absolute Gasteiger partial charge is 0.407 e. The van der Waals surface area contributed by atoms with Gasteiger partial charge < -0.3 is 25.6 Å². The number of alkyl carbamates (subject to hydrolysis) is 1. The van der Waals surface area contributed by atoms with Crippen molar-refractivity contribution in [1.82, 2.24) is 10.6 Å². The molecule has 0 heterocycles. The molecule has 2 amide bonds. The van der Waals surface area contributed by atoms with Crippen LogP contribution in [0.15, 0.2) is 48.5 Å². The molecule has 164 valence electrons. The number of benzene rings is 2. The van der Waals surface area contributed by atoms with E-state index in [-0.39, 0.29) is 32.0 Å². The first-order valence-corrected chi connectivity index (χ1v) is 10.1. The number of carboxylic acids is 1. The minimum atomic E-state index is -1.08. The molecule has 0 aliphatic heterocycles. The van der Waals surface area contributed by atoms with Crippen LogP contribution in [0.2, 0.25) is 0 Å². The van der Waals surface area contributed by atoms with Gasteiger partial charge in [-0.2, -0.15) is 0 Å². The fourth-order valence-electron chi connectivity index (χ4n) is 3.71. The van der Waals surface area contributed by atoms with E-state index in [1.807, 2.05) is 48.5 Å². The highest BCUT2D eigenvalue weighted by molar-refractivity contribution is 5.86. The van der Waals surface area contributed by atoms with Crippen LogP contribution in [-0.2, 0) is 14.3 Å². The number of amides is 2. The number of hydrogen-bond acceptors (Lipinski definition) is 5. The average molecular weight is 426 g/mol. The lowest BCUT2D eigenvalue weighted by Crippen LogP contribution is -2.50. The highest BCUT2D eigenvalue weighted by Crippen LogP contribution is 2.44. The zero-order chi connectivity index (χ0) is 22.4. The summed E-state index contributed by atoms with van der Waals surface area (Å²) < 4.78 is 5.43. The van der Waals surface area contributed by atoms with Crippen LogP contribution < -0.4 is 10.6 Å². The van der Waals surface area contributed by atoms with E-state index in [1.54, 1.807) is 6.92 Å². The van der Waals surface area contributed by atoms with Crippen molar-refractivity contribution in [2.75, 3.05) is 13.2 Å². The van der Waals surface area contributed by atoms with Gasteiger partial charge in [0.05, 0.1) is 6.61 Å². The highest BCUT2D eigenvalue weighted by atomic mass is 16.5. The predicted molar refractivity (Wildman–Crippen MR) is 114 cm³/mol. The van der Waals surface area contributed by atoms with Gasteiger partial charge in [0, 0.05) is 18.4 Å². The summed E-state index contributed by atoms with van der Waals surface area (Å²) in [7, 11) is 0. The summed E-state index contributed by atoms with van der Waals surface area (Å²) in [4.78, 5) is 35.7. The molecule has 1 aliphatic carbocycles. The first kappa shape index (κ1) is 22.3. The van der Waals surface area contributed by atoms with Gasteiger partial charge >= 0.3 is 12.1 Å². The predicted octanol–water partition coefficient (Wildman–Crippen LogP) is 2.26. The number of aliphatic carboxylic acids is 1. The van der Waals surface area contributed by atoms with Crippen LogP contribution >= 0.6 is 0 Å². The molecule has 0 spiro atoms. The number of nitrogens with one attached hydrogen (secondary N) is 2. The van der Waals surface area contributed by atoms with Crippen molar-refractivity contribution in [2.24, 2.45) is 0 Å². The molecule has 1 aliphatic rings. The van der Waals surface area contributed by atoms with E-state index >= 15 is 0 Å². The Morgan fingerprint density at radius 3 is 2.13 bits per heavy atom. The van der Waals surface area contributed by atoms with Crippen LogP contribution in [0.4, 0.5) is 4.79 Å². The van der Waals surface area contributed by atoms with Crippen LogP contribution in [0.5, 0.6) is 0 Å². The fourth-order valence-corrected chi connectivity index (χ4v) is 3.71. The van der Waals surface area contributed by atoms with Crippen molar-refractivity contribution in [1.29, 1.82) is 0 Å². The molecular formula is C23H26N2O6. The Morgan fingerprint density at radius 1 is 1.00 bits per heavy atom. The molecule has 8 heteroatoms. The average Bonchev–Trinajstić information content (AvgIpc) is 3.08. The zero-order valence-corrected chi connectivity index (χ0v) is 17.2. The normalized spacial score (nSPS) is 14.1. The molecule has 2 atom stereocenters. The summed E-state index contributed by atoms with van der Waals surface area (Å²) in [5.41, 5.74) is 4.33. The molecule has 0 saturated carbocycles. The van der Waals surface area contributed by atoms with Crippen LogP contribution in [0, 0.1) is 0 Å². The molecule has 0 aromatic heterocycles. The molecule has 2 unspecified atom stereocenters. The van der Waals surface area contributed by atoms with Crippen molar-refractivity contribution in [3.8, 4) is 11.1 Å². The zero-order valence-electron chi connectivity index (χ0n) is 17.2. The van der Waals surface area contributed by atoms with Gasteiger partial charge in [0.1, 0.15) is 12.6 Å². The van der Waals surface area contributed by atoms with E-state index in [9.17, 15) is 14.4 Å². The molecule has 0 bridgehead atoms. The monoisotopic (exact) mass is 426 g/mol. The molecule has 4 N–H and O–H groups in total. The number of aliphatic hydroxyl groups excluding tert-OH is 1. The third kappa shape index (κ3) is 5.40. The van der Waals surface area contributed by atoms with Gasteiger partial charge in [-0.1, -0.05) is 48.5 Å². The third-order valence-electron chi connectivity index (χ3n) is 5.26. The lowest BCUT2D eigenvalue weighted by molar-refractivity contribution is -0.137. The lowest BCUT2D eigenvalue weighted by atomic mass is 9.98. The molecule has 3 rings (SSSR count). The maximum atomic E-state index is 12.4. The Morgan fingerprint density at radius 2 is 1.58 bits per heavy atom. The minimum Gasteiger partial charge on any atom is -0.481 e. The summed E-state index contributed by atoms with van der Waals surface area (Å²) in [5, 5.41) is 23.0. The molecule has 0 fully saturated rings. The number of carbonyl (C=O) groups is 3. The van der Waals surface area contributed by atoms with Crippen LogP contribution in [0.1, 0.15) is 36.8 Å². The SMILES string of the molecule is CC(CO)NC(=O)C(CCC(=O)O)NC(=O)OCC1c2ccccc2-c2ccccc21. The van der Waals surface area contributed by atoms with E-state index in [4.69, 9.17) is 14.9 Å². The van der Waals surface area contributed by atoms with Gasteiger partial charge in [-0.3, -0.25) is 9.59 Å². The van der Waals surface area contributed by atoms with Crippen molar-refractivity contribution in [3.63, 3.8) is 0 Å². The summed E-state index contributed by atoms with van der Waals surface area (Å²) in [6, 6.07) is 14.3. The Hall–Kier alpha value is -3.39. The van der Waals surface area contributed by atoms with Gasteiger partial charge in [0.15, 0.2) is 0 Å². The maximum Gasteiger partial charge on any atom is 0.407 e. The van der Waals surface area contributed by atoms with Crippen LogP contribution in [-0.4, -0.2) is 53.5 Å². The van der Waals surface area contributed by atoms with E-state index in [2.05, 4.69) is 10.6 Å². The largest absolute Gasteiger partial charge is 0.481 e. The Balaban J connectivity index is 1.66. The fraction of sp³-hybridized carbons (Fsp3) is 0.348. The molecule has 0 saturated heterocycles. The first-order valence-electron chi connectivity index (χ1n) is 10.1. The van der Waals surface area contributed by atoms with Crippen LogP contribution in [0.3, 0.4) is 0 Å². The number of hydrogen-bond donors (Lipinski definition) is 4. The molecule has 2 aromatic carbocycles. The second kappa shape index (κ2) is 10.1. The van der Waals surface area contributed by atoms with Gasteiger partial charge in [-0.15, -0.1) is 0 Å². The van der Waals surface area contributed by atoms with Crippen molar-refractivity contribution >= 4 is 18.0 Å². The van der Waals surface area contributed by atoms with Gasteiger partial charge in [0.25, 0.3) is 0 Å². The summed E-state index contributed by atoms with van der Waals surface area (Å²) >= 11 is 0. The molecule has 0 radical (unpaired) electrons. The third-order valence-corrected chi connectivity index (χ3v) is 5.26. The summed E-state index contributed by atoms with van der Waals surface area (Å²) in [6.07, 6.45) is -1.19. The van der Waals surface area contributed by atoms with Crippen LogP contribution in [0.25, 0.3) is 11.1 Å². The van der Waals surface area contributed by atoms with Gasteiger partial charge in [-0.05, 0) is 35.6 Å². The lowest BCUT2D eigenvalue weighted by Gasteiger charge is -2.21. The number of ether oxygens (including phenoxy) is 1. The second-order valence-electron chi connectivity index (χ2n) is 7.55. The topological polar surface area (TPSA) is 125 Å². The van der Waals surface area contributed by atoms with E-state index < -0.39 is 30.1 Å². The minimum absolute atomic E-state index is 0.0835. The number of carboxylic acid groups (broad SMARTS) is 1. The molecule has 8 nitrogen and oxygen atoms in total. The Kier molecular flexibility index (Phi) is 7.25. The summed E-state index contributed by atoms with van der Waals surface area (Å²) in [5.74, 6) is -1.78. The Labute approximate surface area is 180 Å². The highest BCUT2D eigenvalue weighted by Gasteiger charge is 2.30. The van der Waals surface area contributed by atoms with Crippen molar-refractivity contribution < 1.29 is 29.3 Å². The quantitative estimate of drug-likeness (QED) is 0.487. The molecular weight excluding hydrogens is 400 g/mol. The first-order chi connectivity index (χ1) is 14.9. The number of aliphatic hydroxyl groups is 1. The maximum absolute atomic E-state index is 12.4. The van der Waals surface area contributed by atoms with Gasteiger partial charge in [-0.25, -0.2) is 4.79 Å². The number of carbonyl (C=O) groups excluding carboxylic acids is 2. The van der Waals surface area contributed by atoms with Crippen molar-refractivity contribution in [3.05, 3.63) is 59.7 Å². The summed E-state index contributed by atoms with van der Waals surface area (Å²) in [6.45, 7) is 1.40. The molecule has 31 heavy (non-hydrogen) atoms. The van der Waals surface area contributed by atoms with Crippen molar-refractivity contribution in [2.45, 2.75) is 37.8 Å². The Bertz CT molecular complexity index is 915. The van der Waals surface area contributed by atoms with E-state index in [1.165, 1.54) is 0 Å². The van der Waals surface area contributed by atoms with Gasteiger partial charge in [0.2, 0.25) is 5.91 Å². The van der Waals surface area contributed by atoms with E-state index in [0.717, 1.165) is 22.3 Å². The standard InChI is InChI=1S/C23H26N2O6/c1-14(12-26)24-22(29)20(10-11-21(27)28)25-23(30)31-13-19-17-8-4-2-6-15(17)16-7-3-5-9-18(16)19/h2-9,14,19-20,26H,10-13H2,1H3,(H,24,29)(H,25,30)(H,27,28). The number of rotatable bonds is 9.